The molecule has 7 heteroatoms. The van der Waals surface area contributed by atoms with Gasteiger partial charge in [-0.1, -0.05) is 6.42 Å². The van der Waals surface area contributed by atoms with E-state index in [4.69, 9.17) is 4.42 Å². The first-order valence-corrected chi connectivity index (χ1v) is 8.95. The summed E-state index contributed by atoms with van der Waals surface area (Å²) in [4.78, 5) is 30.2. The van der Waals surface area contributed by atoms with E-state index >= 15 is 0 Å². The van der Waals surface area contributed by atoms with E-state index in [1.54, 1.807) is 0 Å². The number of thiazole rings is 1. The van der Waals surface area contributed by atoms with Crippen LogP contribution in [0.15, 0.2) is 33.5 Å². The Bertz CT molecular complexity index is 1000. The Kier molecular flexibility index (Phi) is 4.09. The Balaban J connectivity index is 1.64. The number of carbonyl (C=O) groups is 1. The number of fused-ring (bicyclic) bond motifs is 2. The number of nitrogens with one attached hydrogen (secondary N) is 1. The van der Waals surface area contributed by atoms with Crippen molar-refractivity contribution >= 4 is 33.3 Å². The number of anilines is 1. The Morgan fingerprint density at radius 3 is 2.92 bits per heavy atom. The molecular formula is C18H15FN2O3S. The van der Waals surface area contributed by atoms with Gasteiger partial charge in [-0.25, -0.2) is 14.2 Å². The second-order valence-electron chi connectivity index (χ2n) is 6.03. The molecule has 0 aliphatic heterocycles. The Morgan fingerprint density at radius 1 is 1.20 bits per heavy atom. The smallest absolute Gasteiger partial charge is 0.349 e. The Morgan fingerprint density at radius 2 is 2.04 bits per heavy atom. The third-order valence-corrected chi connectivity index (χ3v) is 5.33. The van der Waals surface area contributed by atoms with E-state index in [9.17, 15) is 14.0 Å². The summed E-state index contributed by atoms with van der Waals surface area (Å²) in [6, 6.07) is 5.14. The number of aryl methyl sites for hydroxylation is 2. The first-order chi connectivity index (χ1) is 12.1. The zero-order chi connectivity index (χ0) is 17.4. The largest absolute Gasteiger partial charge is 0.422 e. The summed E-state index contributed by atoms with van der Waals surface area (Å²) < 4.78 is 18.5. The summed E-state index contributed by atoms with van der Waals surface area (Å²) in [6.45, 7) is 0. The van der Waals surface area contributed by atoms with Gasteiger partial charge in [-0.2, -0.15) is 0 Å². The van der Waals surface area contributed by atoms with E-state index in [1.165, 1.54) is 46.9 Å². The van der Waals surface area contributed by atoms with Gasteiger partial charge in [0.2, 0.25) is 0 Å². The quantitative estimate of drug-likeness (QED) is 0.557. The van der Waals surface area contributed by atoms with Crippen molar-refractivity contribution in [2.45, 2.75) is 32.1 Å². The van der Waals surface area contributed by atoms with Crippen molar-refractivity contribution in [1.82, 2.24) is 4.98 Å². The zero-order valence-corrected chi connectivity index (χ0v) is 14.1. The molecule has 2 aromatic heterocycles. The summed E-state index contributed by atoms with van der Waals surface area (Å²) in [5.41, 5.74) is 0.354. The summed E-state index contributed by atoms with van der Waals surface area (Å²) in [7, 11) is 0. The molecule has 0 radical (unpaired) electrons. The van der Waals surface area contributed by atoms with Gasteiger partial charge in [0.1, 0.15) is 17.0 Å². The molecule has 0 spiro atoms. The van der Waals surface area contributed by atoms with Crippen LogP contribution in [0.1, 0.15) is 40.2 Å². The predicted octanol–water partition coefficient (Wildman–Crippen LogP) is 3.91. The second kappa shape index (κ2) is 6.40. The summed E-state index contributed by atoms with van der Waals surface area (Å²) in [6.07, 6.45) is 5.31. The maximum Gasteiger partial charge on any atom is 0.349 e. The molecule has 4 rings (SSSR count). The standard InChI is InChI=1S/C18H15FN2O3S/c19-11-6-7-14-10(8-11)9-12(17(23)24-14)16(22)21-18-20-13-4-2-1-3-5-15(13)25-18/h6-9H,1-5H2,(H,20,21,22). The number of aromatic nitrogens is 1. The van der Waals surface area contributed by atoms with Crippen LogP contribution in [-0.4, -0.2) is 10.9 Å². The topological polar surface area (TPSA) is 72.2 Å². The monoisotopic (exact) mass is 358 g/mol. The van der Waals surface area contributed by atoms with E-state index in [1.807, 2.05) is 0 Å². The van der Waals surface area contributed by atoms with Crippen LogP contribution < -0.4 is 10.9 Å². The van der Waals surface area contributed by atoms with Crippen molar-refractivity contribution in [3.63, 3.8) is 0 Å². The first kappa shape index (κ1) is 16.0. The lowest BCUT2D eigenvalue weighted by Gasteiger charge is -2.03. The van der Waals surface area contributed by atoms with E-state index in [0.717, 1.165) is 31.4 Å². The molecule has 1 aliphatic carbocycles. The summed E-state index contributed by atoms with van der Waals surface area (Å²) in [5.74, 6) is -1.06. The highest BCUT2D eigenvalue weighted by Crippen LogP contribution is 2.29. The molecular weight excluding hydrogens is 343 g/mol. The van der Waals surface area contributed by atoms with Gasteiger partial charge in [0.05, 0.1) is 5.69 Å². The lowest BCUT2D eigenvalue weighted by Crippen LogP contribution is -2.20. The third-order valence-electron chi connectivity index (χ3n) is 4.25. The van der Waals surface area contributed by atoms with Gasteiger partial charge in [-0.05, 0) is 49.9 Å². The van der Waals surface area contributed by atoms with Gasteiger partial charge in [0, 0.05) is 10.3 Å². The molecule has 1 N–H and O–H groups in total. The molecule has 25 heavy (non-hydrogen) atoms. The number of amides is 1. The Labute approximate surface area is 146 Å². The average Bonchev–Trinajstić information content (AvgIpc) is 2.82. The van der Waals surface area contributed by atoms with E-state index in [0.29, 0.717) is 10.5 Å². The summed E-state index contributed by atoms with van der Waals surface area (Å²) >= 11 is 1.45. The van der Waals surface area contributed by atoms with Gasteiger partial charge in [-0.15, -0.1) is 11.3 Å². The molecule has 0 unspecified atom stereocenters. The molecule has 1 aliphatic rings. The average molecular weight is 358 g/mol. The number of hydrogen-bond donors (Lipinski definition) is 1. The second-order valence-corrected chi connectivity index (χ2v) is 7.12. The number of carbonyl (C=O) groups excluding carboxylic acids is 1. The lowest BCUT2D eigenvalue weighted by atomic mass is 10.2. The molecule has 0 saturated carbocycles. The molecule has 0 saturated heterocycles. The van der Waals surface area contributed by atoms with Crippen LogP contribution in [0.5, 0.6) is 0 Å². The SMILES string of the molecule is O=C(Nc1nc2c(s1)CCCCC2)c1cc2cc(F)ccc2oc1=O. The van der Waals surface area contributed by atoms with Crippen LogP contribution >= 0.6 is 11.3 Å². The third kappa shape index (κ3) is 3.19. The van der Waals surface area contributed by atoms with E-state index in [-0.39, 0.29) is 11.1 Å². The fourth-order valence-corrected chi connectivity index (χ4v) is 4.04. The minimum atomic E-state index is -0.755. The highest BCUT2D eigenvalue weighted by Gasteiger charge is 2.18. The fourth-order valence-electron chi connectivity index (χ4n) is 3.00. The molecule has 1 aromatic carbocycles. The minimum absolute atomic E-state index is 0.163. The van der Waals surface area contributed by atoms with E-state index < -0.39 is 17.3 Å². The van der Waals surface area contributed by atoms with Crippen LogP contribution in [0.3, 0.4) is 0 Å². The van der Waals surface area contributed by atoms with Gasteiger partial charge in [-0.3, -0.25) is 10.1 Å². The first-order valence-electron chi connectivity index (χ1n) is 8.13. The van der Waals surface area contributed by atoms with E-state index in [2.05, 4.69) is 10.3 Å². The molecule has 3 aromatic rings. The van der Waals surface area contributed by atoms with Crippen molar-refractivity contribution in [2.24, 2.45) is 0 Å². The van der Waals surface area contributed by atoms with Gasteiger partial charge in [0.15, 0.2) is 5.13 Å². The van der Waals surface area contributed by atoms with Gasteiger partial charge >= 0.3 is 5.63 Å². The van der Waals surface area contributed by atoms with Crippen molar-refractivity contribution in [3.05, 3.63) is 56.6 Å². The molecule has 5 nitrogen and oxygen atoms in total. The molecule has 0 atom stereocenters. The van der Waals surface area contributed by atoms with Gasteiger partial charge < -0.3 is 4.42 Å². The van der Waals surface area contributed by atoms with Crippen LogP contribution in [0.4, 0.5) is 9.52 Å². The summed E-state index contributed by atoms with van der Waals surface area (Å²) in [5, 5.41) is 3.51. The number of benzene rings is 1. The predicted molar refractivity (Wildman–Crippen MR) is 93.8 cm³/mol. The molecule has 0 fully saturated rings. The van der Waals surface area contributed by atoms with Crippen LogP contribution in [0.25, 0.3) is 11.0 Å². The Hall–Kier alpha value is -2.54. The number of hydrogen-bond acceptors (Lipinski definition) is 5. The van der Waals surface area contributed by atoms with Crippen molar-refractivity contribution in [3.8, 4) is 0 Å². The van der Waals surface area contributed by atoms with Crippen molar-refractivity contribution in [2.75, 3.05) is 5.32 Å². The molecule has 2 heterocycles. The highest BCUT2D eigenvalue weighted by atomic mass is 32.1. The maximum atomic E-state index is 13.4. The van der Waals surface area contributed by atoms with Gasteiger partial charge in [0.25, 0.3) is 5.91 Å². The minimum Gasteiger partial charge on any atom is -0.422 e. The maximum absolute atomic E-state index is 13.4. The molecule has 1 amide bonds. The van der Waals surface area contributed by atoms with Crippen LogP contribution in [0.2, 0.25) is 0 Å². The lowest BCUT2D eigenvalue weighted by molar-refractivity contribution is 0.102. The fraction of sp³-hybridized carbons (Fsp3) is 0.278. The number of halogens is 1. The van der Waals surface area contributed by atoms with Crippen LogP contribution in [0, 0.1) is 5.82 Å². The number of rotatable bonds is 2. The molecule has 0 bridgehead atoms. The van der Waals surface area contributed by atoms with Crippen molar-refractivity contribution < 1.29 is 13.6 Å². The zero-order valence-electron chi connectivity index (χ0n) is 13.3. The molecule has 128 valence electrons. The van der Waals surface area contributed by atoms with Crippen molar-refractivity contribution in [1.29, 1.82) is 0 Å². The normalized spacial score (nSPS) is 14.1. The highest BCUT2D eigenvalue weighted by molar-refractivity contribution is 7.15. The van der Waals surface area contributed by atoms with Crippen LogP contribution in [-0.2, 0) is 12.8 Å². The number of nitrogens with zero attached hydrogens (tertiary/aromatic N) is 1.